The van der Waals surface area contributed by atoms with Crippen LogP contribution < -0.4 is 5.73 Å². The standard InChI is InChI=1S/C11H14N2/c1-9-3-5-10(6-4-9)11(12)7-8-13-2/h3-8H,12H2,1-2H3. The zero-order valence-electron chi connectivity index (χ0n) is 7.99. The second-order valence-corrected chi connectivity index (χ2v) is 2.90. The van der Waals surface area contributed by atoms with Crippen molar-refractivity contribution in [2.45, 2.75) is 6.92 Å². The monoisotopic (exact) mass is 174 g/mol. The second kappa shape index (κ2) is 4.45. The summed E-state index contributed by atoms with van der Waals surface area (Å²) in [4.78, 5) is 3.84. The van der Waals surface area contributed by atoms with Crippen LogP contribution in [0, 0.1) is 6.92 Å². The molecule has 0 aliphatic rings. The Kier molecular flexibility index (Phi) is 3.26. The Bertz CT molecular complexity index is 320. The fourth-order valence-electron chi connectivity index (χ4n) is 0.997. The number of hydrogen-bond acceptors (Lipinski definition) is 2. The Morgan fingerprint density at radius 3 is 2.46 bits per heavy atom. The third kappa shape index (κ3) is 2.75. The van der Waals surface area contributed by atoms with Crippen LogP contribution in [0.4, 0.5) is 0 Å². The zero-order chi connectivity index (χ0) is 9.68. The van der Waals surface area contributed by atoms with Crippen molar-refractivity contribution in [3.05, 3.63) is 41.5 Å². The van der Waals surface area contributed by atoms with Gasteiger partial charge in [0.15, 0.2) is 0 Å². The molecule has 13 heavy (non-hydrogen) atoms. The van der Waals surface area contributed by atoms with E-state index in [-0.39, 0.29) is 0 Å². The van der Waals surface area contributed by atoms with Gasteiger partial charge in [-0.25, -0.2) is 0 Å². The average molecular weight is 174 g/mol. The average Bonchev–Trinajstić information content (AvgIpc) is 2.15. The van der Waals surface area contributed by atoms with Gasteiger partial charge in [-0.2, -0.15) is 0 Å². The van der Waals surface area contributed by atoms with E-state index >= 15 is 0 Å². The molecule has 0 aromatic heterocycles. The molecule has 0 spiro atoms. The summed E-state index contributed by atoms with van der Waals surface area (Å²) in [5.74, 6) is 0. The van der Waals surface area contributed by atoms with Gasteiger partial charge in [-0.3, -0.25) is 4.99 Å². The maximum atomic E-state index is 5.80. The minimum Gasteiger partial charge on any atom is -0.398 e. The largest absolute Gasteiger partial charge is 0.398 e. The number of allylic oxidation sites excluding steroid dienone is 1. The summed E-state index contributed by atoms with van der Waals surface area (Å²) in [6.45, 7) is 2.05. The van der Waals surface area contributed by atoms with E-state index in [9.17, 15) is 0 Å². The first-order valence-corrected chi connectivity index (χ1v) is 4.19. The fraction of sp³-hybridized carbons (Fsp3) is 0.182. The van der Waals surface area contributed by atoms with Gasteiger partial charge < -0.3 is 5.73 Å². The molecular formula is C11H14N2. The molecule has 1 aromatic rings. The Morgan fingerprint density at radius 1 is 1.31 bits per heavy atom. The summed E-state index contributed by atoms with van der Waals surface area (Å²) in [5.41, 5.74) is 8.81. The Balaban J connectivity index is 2.89. The van der Waals surface area contributed by atoms with E-state index in [1.807, 2.05) is 24.3 Å². The molecule has 0 aliphatic heterocycles. The van der Waals surface area contributed by atoms with Crippen molar-refractivity contribution in [1.82, 2.24) is 0 Å². The summed E-state index contributed by atoms with van der Waals surface area (Å²) in [6.07, 6.45) is 3.49. The van der Waals surface area contributed by atoms with Crippen LogP contribution in [-0.2, 0) is 0 Å². The van der Waals surface area contributed by atoms with Crippen LogP contribution >= 0.6 is 0 Å². The summed E-state index contributed by atoms with van der Waals surface area (Å²) in [7, 11) is 1.72. The molecule has 0 atom stereocenters. The number of nitrogens with zero attached hydrogens (tertiary/aromatic N) is 1. The highest BCUT2D eigenvalue weighted by Gasteiger charge is 1.93. The summed E-state index contributed by atoms with van der Waals surface area (Å²) < 4.78 is 0. The van der Waals surface area contributed by atoms with Crippen molar-refractivity contribution < 1.29 is 0 Å². The molecule has 1 aromatic carbocycles. The number of rotatable bonds is 2. The van der Waals surface area contributed by atoms with E-state index in [1.165, 1.54) is 5.56 Å². The first kappa shape index (κ1) is 9.52. The van der Waals surface area contributed by atoms with Gasteiger partial charge in [0.25, 0.3) is 0 Å². The number of aryl methyl sites for hydroxylation is 1. The lowest BCUT2D eigenvalue weighted by molar-refractivity contribution is 1.43. The third-order valence-electron chi connectivity index (χ3n) is 1.79. The summed E-state index contributed by atoms with van der Waals surface area (Å²) >= 11 is 0. The highest BCUT2D eigenvalue weighted by Crippen LogP contribution is 2.09. The molecule has 2 N–H and O–H groups in total. The van der Waals surface area contributed by atoms with Crippen molar-refractivity contribution in [1.29, 1.82) is 0 Å². The van der Waals surface area contributed by atoms with E-state index in [0.29, 0.717) is 0 Å². The van der Waals surface area contributed by atoms with Crippen molar-refractivity contribution in [3.63, 3.8) is 0 Å². The number of benzene rings is 1. The topological polar surface area (TPSA) is 38.4 Å². The zero-order valence-corrected chi connectivity index (χ0v) is 7.99. The van der Waals surface area contributed by atoms with Gasteiger partial charge in [-0.05, 0) is 18.6 Å². The molecule has 2 heteroatoms. The minimum absolute atomic E-state index is 0.741. The van der Waals surface area contributed by atoms with Crippen LogP contribution in [0.15, 0.2) is 35.3 Å². The smallest absolute Gasteiger partial charge is 0.0402 e. The van der Waals surface area contributed by atoms with Gasteiger partial charge in [-0.15, -0.1) is 0 Å². The maximum absolute atomic E-state index is 5.80. The Hall–Kier alpha value is -1.57. The van der Waals surface area contributed by atoms with Crippen LogP contribution in [0.3, 0.4) is 0 Å². The summed E-state index contributed by atoms with van der Waals surface area (Å²) in [5, 5.41) is 0. The van der Waals surface area contributed by atoms with E-state index in [4.69, 9.17) is 5.73 Å². The van der Waals surface area contributed by atoms with Gasteiger partial charge in [-0.1, -0.05) is 29.8 Å². The molecule has 0 aliphatic carbocycles. The quantitative estimate of drug-likeness (QED) is 0.684. The van der Waals surface area contributed by atoms with Crippen molar-refractivity contribution in [2.75, 3.05) is 7.05 Å². The first-order chi connectivity index (χ1) is 6.24. The molecule has 2 nitrogen and oxygen atoms in total. The van der Waals surface area contributed by atoms with Crippen molar-refractivity contribution >= 4 is 11.9 Å². The molecule has 0 saturated heterocycles. The Morgan fingerprint density at radius 2 is 1.92 bits per heavy atom. The third-order valence-corrected chi connectivity index (χ3v) is 1.79. The van der Waals surface area contributed by atoms with Crippen LogP contribution in [0.5, 0.6) is 0 Å². The van der Waals surface area contributed by atoms with Crippen LogP contribution in [-0.4, -0.2) is 13.3 Å². The molecule has 0 fully saturated rings. The van der Waals surface area contributed by atoms with E-state index < -0.39 is 0 Å². The highest BCUT2D eigenvalue weighted by molar-refractivity contribution is 5.83. The predicted molar refractivity (Wildman–Crippen MR) is 57.8 cm³/mol. The number of hydrogen-bond donors (Lipinski definition) is 1. The highest BCUT2D eigenvalue weighted by atomic mass is 14.6. The fourth-order valence-corrected chi connectivity index (χ4v) is 0.997. The molecular weight excluding hydrogens is 160 g/mol. The molecule has 0 radical (unpaired) electrons. The van der Waals surface area contributed by atoms with Crippen LogP contribution in [0.2, 0.25) is 0 Å². The van der Waals surface area contributed by atoms with Gasteiger partial charge in [0.2, 0.25) is 0 Å². The number of nitrogens with two attached hydrogens (primary N) is 1. The molecule has 0 unspecified atom stereocenters. The lowest BCUT2D eigenvalue weighted by Crippen LogP contribution is -1.96. The second-order valence-electron chi connectivity index (χ2n) is 2.90. The van der Waals surface area contributed by atoms with Gasteiger partial charge in [0.1, 0.15) is 0 Å². The first-order valence-electron chi connectivity index (χ1n) is 4.19. The maximum Gasteiger partial charge on any atom is 0.0402 e. The van der Waals surface area contributed by atoms with Crippen molar-refractivity contribution in [3.8, 4) is 0 Å². The molecule has 0 bridgehead atoms. The molecule has 0 heterocycles. The van der Waals surface area contributed by atoms with E-state index in [2.05, 4.69) is 11.9 Å². The normalized spacial score (nSPS) is 12.3. The van der Waals surface area contributed by atoms with Gasteiger partial charge >= 0.3 is 0 Å². The lowest BCUT2D eigenvalue weighted by atomic mass is 10.1. The predicted octanol–water partition coefficient (Wildman–Crippen LogP) is 2.00. The van der Waals surface area contributed by atoms with Gasteiger partial charge in [0.05, 0.1) is 0 Å². The minimum atomic E-state index is 0.741. The molecule has 0 amide bonds. The van der Waals surface area contributed by atoms with Gasteiger partial charge in [0, 0.05) is 19.0 Å². The van der Waals surface area contributed by atoms with E-state index in [1.54, 1.807) is 19.3 Å². The van der Waals surface area contributed by atoms with E-state index in [0.717, 1.165) is 11.3 Å². The molecule has 0 saturated carbocycles. The molecule has 1 rings (SSSR count). The summed E-state index contributed by atoms with van der Waals surface area (Å²) in [6, 6.07) is 8.09. The SMILES string of the molecule is CN=CC=C(N)c1ccc(C)cc1. The molecule has 68 valence electrons. The van der Waals surface area contributed by atoms with Crippen LogP contribution in [0.25, 0.3) is 5.70 Å². The Labute approximate surface area is 78.8 Å². The number of aliphatic imine (C=N–C) groups is 1. The van der Waals surface area contributed by atoms with Crippen molar-refractivity contribution in [2.24, 2.45) is 10.7 Å². The van der Waals surface area contributed by atoms with Crippen LogP contribution in [0.1, 0.15) is 11.1 Å². The lowest BCUT2D eigenvalue weighted by Gasteiger charge is -2.00.